The van der Waals surface area contributed by atoms with Crippen LogP contribution in [0.2, 0.25) is 5.02 Å². The largest absolute Gasteiger partial charge is 0.496 e. The van der Waals surface area contributed by atoms with Crippen molar-refractivity contribution in [2.24, 2.45) is 0 Å². The Hall–Kier alpha value is -4.21. The summed E-state index contributed by atoms with van der Waals surface area (Å²) in [7, 11) is 1.42. The van der Waals surface area contributed by atoms with E-state index in [1.165, 1.54) is 13.2 Å². The summed E-state index contributed by atoms with van der Waals surface area (Å²) < 4.78 is 10.6. The number of fused-ring (bicyclic) bond motifs is 2. The number of thiophene rings is 1. The number of nitrogens with zero attached hydrogens (tertiary/aromatic N) is 1. The van der Waals surface area contributed by atoms with Crippen molar-refractivity contribution in [1.29, 1.82) is 0 Å². The predicted molar refractivity (Wildman–Crippen MR) is 151 cm³/mol. The number of hydrazine groups is 1. The lowest BCUT2D eigenvalue weighted by molar-refractivity contribution is -0.125. The fourth-order valence-corrected chi connectivity index (χ4v) is 5.40. The third kappa shape index (κ3) is 5.79. The number of pyridine rings is 1. The van der Waals surface area contributed by atoms with Crippen molar-refractivity contribution >= 4 is 63.3 Å². The van der Waals surface area contributed by atoms with Crippen LogP contribution >= 0.6 is 22.9 Å². The van der Waals surface area contributed by atoms with Gasteiger partial charge in [0.15, 0.2) is 6.61 Å². The third-order valence-corrected chi connectivity index (χ3v) is 7.34. The van der Waals surface area contributed by atoms with Crippen molar-refractivity contribution < 1.29 is 23.9 Å². The van der Waals surface area contributed by atoms with Crippen LogP contribution in [-0.4, -0.2) is 36.5 Å². The Morgan fingerprint density at radius 1 is 1.08 bits per heavy atom. The van der Waals surface area contributed by atoms with E-state index in [1.54, 1.807) is 23.5 Å². The fourth-order valence-electron chi connectivity index (χ4n) is 4.54. The highest BCUT2D eigenvalue weighted by Crippen LogP contribution is 2.36. The van der Waals surface area contributed by atoms with Crippen LogP contribution in [0.4, 0.5) is 0 Å². The van der Waals surface area contributed by atoms with Crippen LogP contribution in [0, 0.1) is 0 Å². The van der Waals surface area contributed by atoms with Gasteiger partial charge in [-0.1, -0.05) is 35.9 Å². The van der Waals surface area contributed by atoms with Crippen LogP contribution in [0.25, 0.3) is 22.6 Å². The van der Waals surface area contributed by atoms with E-state index in [0.717, 1.165) is 34.5 Å². The van der Waals surface area contributed by atoms with Crippen molar-refractivity contribution in [3.8, 4) is 5.75 Å². The molecule has 2 aromatic heterocycles. The molecule has 39 heavy (non-hydrogen) atoms. The van der Waals surface area contributed by atoms with Gasteiger partial charge in [0, 0.05) is 15.3 Å². The molecular weight excluding hydrogens is 538 g/mol. The van der Waals surface area contributed by atoms with Gasteiger partial charge in [0.2, 0.25) is 0 Å². The molecular formula is C29H24ClN3O5S. The molecule has 0 saturated carbocycles. The van der Waals surface area contributed by atoms with Crippen molar-refractivity contribution in [1.82, 2.24) is 15.8 Å². The maximum Gasteiger partial charge on any atom is 0.339 e. The molecule has 0 bridgehead atoms. The molecule has 10 heteroatoms. The van der Waals surface area contributed by atoms with Gasteiger partial charge in [-0.05, 0) is 72.2 Å². The molecule has 4 aromatic rings. The number of para-hydroxylation sites is 1. The minimum Gasteiger partial charge on any atom is -0.496 e. The van der Waals surface area contributed by atoms with Gasteiger partial charge in [0.25, 0.3) is 11.8 Å². The second-order valence-electron chi connectivity index (χ2n) is 8.79. The zero-order chi connectivity index (χ0) is 27.4. The number of halogens is 1. The van der Waals surface area contributed by atoms with Crippen LogP contribution in [0.5, 0.6) is 5.75 Å². The highest BCUT2D eigenvalue weighted by molar-refractivity contribution is 7.10. The zero-order valence-corrected chi connectivity index (χ0v) is 22.5. The average Bonchev–Trinajstić information content (AvgIpc) is 3.46. The molecule has 0 saturated heterocycles. The summed E-state index contributed by atoms with van der Waals surface area (Å²) in [6, 6.07) is 16.0. The van der Waals surface area contributed by atoms with E-state index in [2.05, 4.69) is 16.9 Å². The quantitative estimate of drug-likeness (QED) is 0.239. The maximum atomic E-state index is 13.4. The first kappa shape index (κ1) is 26.4. The Bertz CT molecular complexity index is 1600. The molecule has 0 unspecified atom stereocenters. The monoisotopic (exact) mass is 561 g/mol. The van der Waals surface area contributed by atoms with Gasteiger partial charge >= 0.3 is 5.97 Å². The Morgan fingerprint density at radius 2 is 1.92 bits per heavy atom. The van der Waals surface area contributed by atoms with E-state index in [1.807, 2.05) is 41.8 Å². The standard InChI is InChI=1S/C29H24ClN3O5S/c1-37-24-12-11-18(30)15-22(24)28(35)33-32-25(34)16-38-29(36)26-20-8-2-3-10-23(20)31-27-17(6-4-9-21(26)27)14-19-7-5-13-39-19/h2-3,5,7-8,10-15H,4,6,9,16H2,1H3,(H,32,34)(H,33,35)/b17-14+. The van der Waals surface area contributed by atoms with Crippen molar-refractivity contribution in [3.63, 3.8) is 0 Å². The topological polar surface area (TPSA) is 107 Å². The van der Waals surface area contributed by atoms with E-state index in [4.69, 9.17) is 26.1 Å². The summed E-state index contributed by atoms with van der Waals surface area (Å²) in [5.74, 6) is -1.67. The molecule has 1 aliphatic rings. The first-order valence-corrected chi connectivity index (χ1v) is 13.5. The van der Waals surface area contributed by atoms with E-state index < -0.39 is 24.4 Å². The van der Waals surface area contributed by atoms with Gasteiger partial charge in [-0.25, -0.2) is 9.78 Å². The van der Waals surface area contributed by atoms with Crippen LogP contribution in [-0.2, 0) is 16.0 Å². The number of carbonyl (C=O) groups excluding carboxylic acids is 3. The molecule has 2 aromatic carbocycles. The van der Waals surface area contributed by atoms with Gasteiger partial charge in [-0.15, -0.1) is 11.3 Å². The Labute approximate surface area is 233 Å². The number of amides is 2. The molecule has 2 amide bonds. The number of allylic oxidation sites excluding steroid dienone is 1. The van der Waals surface area contributed by atoms with Crippen molar-refractivity contribution in [2.75, 3.05) is 13.7 Å². The SMILES string of the molecule is COc1ccc(Cl)cc1C(=O)NNC(=O)COC(=O)c1c2c(nc3ccccc13)/C(=C/c1cccs1)CCC2. The van der Waals surface area contributed by atoms with E-state index >= 15 is 0 Å². The number of methoxy groups -OCH3 is 1. The van der Waals surface area contributed by atoms with E-state index in [-0.39, 0.29) is 5.56 Å². The van der Waals surface area contributed by atoms with Gasteiger partial charge in [-0.2, -0.15) is 0 Å². The highest BCUT2D eigenvalue weighted by Gasteiger charge is 2.26. The molecule has 0 atom stereocenters. The molecule has 1 aliphatic carbocycles. The number of nitrogens with one attached hydrogen (secondary N) is 2. The normalized spacial score (nSPS) is 13.5. The lowest BCUT2D eigenvalue weighted by Gasteiger charge is -2.22. The second-order valence-corrected chi connectivity index (χ2v) is 10.2. The molecule has 8 nitrogen and oxygen atoms in total. The maximum absolute atomic E-state index is 13.4. The lowest BCUT2D eigenvalue weighted by atomic mass is 9.86. The molecule has 0 radical (unpaired) electrons. The van der Waals surface area contributed by atoms with E-state index in [9.17, 15) is 14.4 Å². The Balaban J connectivity index is 1.33. The first-order chi connectivity index (χ1) is 18.9. The second kappa shape index (κ2) is 11.7. The molecule has 0 fully saturated rings. The lowest BCUT2D eigenvalue weighted by Crippen LogP contribution is -2.43. The fraction of sp³-hybridized carbons (Fsp3) is 0.172. The molecule has 198 valence electrons. The number of aromatic nitrogens is 1. The Morgan fingerprint density at radius 3 is 2.72 bits per heavy atom. The van der Waals surface area contributed by atoms with Gasteiger partial charge in [0.1, 0.15) is 5.75 Å². The minimum absolute atomic E-state index is 0.142. The number of benzene rings is 2. The number of rotatable bonds is 6. The Kier molecular flexibility index (Phi) is 7.90. The number of hydrogen-bond acceptors (Lipinski definition) is 7. The van der Waals surface area contributed by atoms with E-state index in [0.29, 0.717) is 33.7 Å². The summed E-state index contributed by atoms with van der Waals surface area (Å²) in [6.07, 6.45) is 4.50. The summed E-state index contributed by atoms with van der Waals surface area (Å²) in [5.41, 5.74) is 8.43. The molecule has 2 heterocycles. The first-order valence-electron chi connectivity index (χ1n) is 12.2. The molecule has 0 aliphatic heterocycles. The van der Waals surface area contributed by atoms with Gasteiger partial charge in [0.05, 0.1) is 29.4 Å². The third-order valence-electron chi connectivity index (χ3n) is 6.29. The number of carbonyl (C=O) groups is 3. The van der Waals surface area contributed by atoms with Crippen LogP contribution in [0.15, 0.2) is 60.0 Å². The van der Waals surface area contributed by atoms with Gasteiger partial charge in [-0.3, -0.25) is 20.4 Å². The van der Waals surface area contributed by atoms with Crippen LogP contribution in [0.1, 0.15) is 49.7 Å². The van der Waals surface area contributed by atoms with Crippen LogP contribution < -0.4 is 15.6 Å². The molecule has 0 spiro atoms. The molecule has 5 rings (SSSR count). The summed E-state index contributed by atoms with van der Waals surface area (Å²) in [5, 5.41) is 3.02. The van der Waals surface area contributed by atoms with Crippen molar-refractivity contribution in [3.05, 3.63) is 92.3 Å². The number of hydrogen-bond donors (Lipinski definition) is 2. The predicted octanol–water partition coefficient (Wildman–Crippen LogP) is 5.45. The highest BCUT2D eigenvalue weighted by atomic mass is 35.5. The average molecular weight is 562 g/mol. The summed E-state index contributed by atoms with van der Waals surface area (Å²) in [4.78, 5) is 44.3. The summed E-state index contributed by atoms with van der Waals surface area (Å²) in [6.45, 7) is -0.588. The van der Waals surface area contributed by atoms with Crippen LogP contribution in [0.3, 0.4) is 0 Å². The number of ether oxygens (including phenoxy) is 2. The smallest absolute Gasteiger partial charge is 0.339 e. The molecule has 2 N–H and O–H groups in total. The van der Waals surface area contributed by atoms with Crippen molar-refractivity contribution in [2.45, 2.75) is 19.3 Å². The number of esters is 1. The zero-order valence-electron chi connectivity index (χ0n) is 21.0. The summed E-state index contributed by atoms with van der Waals surface area (Å²) >= 11 is 7.61. The minimum atomic E-state index is -0.705. The van der Waals surface area contributed by atoms with Gasteiger partial charge < -0.3 is 9.47 Å².